The third kappa shape index (κ3) is 2.66. The highest BCUT2D eigenvalue weighted by Crippen LogP contribution is 2.12. The number of benzene rings is 1. The van der Waals surface area contributed by atoms with E-state index in [1.807, 2.05) is 30.6 Å². The molecule has 82 valence electrons. The first-order valence-corrected chi connectivity index (χ1v) is 5.60. The summed E-state index contributed by atoms with van der Waals surface area (Å²) in [6.45, 7) is 4.30. The molecule has 1 heterocycles. The van der Waals surface area contributed by atoms with Crippen LogP contribution in [-0.2, 0) is 6.42 Å². The molecule has 1 aromatic heterocycles. The van der Waals surface area contributed by atoms with Crippen LogP contribution in [0.1, 0.15) is 36.7 Å². The Morgan fingerprint density at radius 2 is 1.62 bits per heavy atom. The molecular formula is C14H16N2. The molecule has 0 spiro atoms. The molecular weight excluding hydrogens is 196 g/mol. The van der Waals surface area contributed by atoms with Gasteiger partial charge in [0.05, 0.1) is 0 Å². The number of nitrogens with zero attached hydrogens (tertiary/aromatic N) is 2. The first-order chi connectivity index (χ1) is 7.75. The van der Waals surface area contributed by atoms with E-state index in [0.717, 1.165) is 12.2 Å². The van der Waals surface area contributed by atoms with Crippen LogP contribution in [0.2, 0.25) is 0 Å². The van der Waals surface area contributed by atoms with E-state index in [4.69, 9.17) is 0 Å². The normalized spacial score (nSPS) is 10.7. The Balaban J connectivity index is 2.11. The first kappa shape index (κ1) is 10.8. The van der Waals surface area contributed by atoms with E-state index in [2.05, 4.69) is 35.9 Å². The monoisotopic (exact) mass is 212 g/mol. The second-order valence-corrected chi connectivity index (χ2v) is 4.25. The fraction of sp³-hybridized carbons (Fsp3) is 0.286. The summed E-state index contributed by atoms with van der Waals surface area (Å²) < 4.78 is 0. The highest BCUT2D eigenvalue weighted by Gasteiger charge is 2.02. The first-order valence-electron chi connectivity index (χ1n) is 5.60. The number of rotatable bonds is 3. The van der Waals surface area contributed by atoms with E-state index in [1.165, 1.54) is 11.1 Å². The minimum Gasteiger partial charge on any atom is -0.241 e. The molecule has 0 radical (unpaired) electrons. The van der Waals surface area contributed by atoms with Crippen LogP contribution in [0.15, 0.2) is 42.7 Å². The Labute approximate surface area is 96.4 Å². The van der Waals surface area contributed by atoms with Crippen molar-refractivity contribution in [1.29, 1.82) is 0 Å². The summed E-state index contributed by atoms with van der Waals surface area (Å²) >= 11 is 0. The van der Waals surface area contributed by atoms with Crippen molar-refractivity contribution in [1.82, 2.24) is 9.97 Å². The molecule has 0 N–H and O–H groups in total. The maximum absolute atomic E-state index is 4.38. The third-order valence-corrected chi connectivity index (χ3v) is 2.60. The van der Waals surface area contributed by atoms with Crippen LogP contribution < -0.4 is 0 Å². The van der Waals surface area contributed by atoms with Gasteiger partial charge < -0.3 is 0 Å². The Kier molecular flexibility index (Phi) is 3.30. The minimum atomic E-state index is 0.491. The van der Waals surface area contributed by atoms with Gasteiger partial charge in [-0.15, -0.1) is 0 Å². The molecule has 0 aliphatic rings. The van der Waals surface area contributed by atoms with Crippen molar-refractivity contribution in [3.05, 3.63) is 59.7 Å². The van der Waals surface area contributed by atoms with Crippen molar-refractivity contribution in [2.45, 2.75) is 26.2 Å². The molecule has 1 aromatic carbocycles. The van der Waals surface area contributed by atoms with Crippen molar-refractivity contribution >= 4 is 0 Å². The quantitative estimate of drug-likeness (QED) is 0.780. The zero-order valence-electron chi connectivity index (χ0n) is 9.72. The predicted octanol–water partition coefficient (Wildman–Crippen LogP) is 3.19. The van der Waals surface area contributed by atoms with Gasteiger partial charge in [-0.3, -0.25) is 0 Å². The number of hydrogen-bond acceptors (Lipinski definition) is 2. The number of aromatic nitrogens is 2. The number of hydrogen-bond donors (Lipinski definition) is 0. The molecule has 16 heavy (non-hydrogen) atoms. The average Bonchev–Trinajstić information content (AvgIpc) is 2.31. The molecule has 0 amide bonds. The van der Waals surface area contributed by atoms with Gasteiger partial charge in [-0.25, -0.2) is 9.97 Å². The van der Waals surface area contributed by atoms with Crippen LogP contribution in [0.25, 0.3) is 0 Å². The smallest absolute Gasteiger partial charge is 0.132 e. The van der Waals surface area contributed by atoms with E-state index in [9.17, 15) is 0 Å². The lowest BCUT2D eigenvalue weighted by atomic mass is 10.1. The summed E-state index contributed by atoms with van der Waals surface area (Å²) in [4.78, 5) is 8.77. The van der Waals surface area contributed by atoms with E-state index in [-0.39, 0.29) is 0 Å². The average molecular weight is 212 g/mol. The van der Waals surface area contributed by atoms with E-state index in [1.54, 1.807) is 0 Å². The second-order valence-electron chi connectivity index (χ2n) is 4.25. The Morgan fingerprint density at radius 1 is 1.00 bits per heavy atom. The Morgan fingerprint density at radius 3 is 2.19 bits per heavy atom. The van der Waals surface area contributed by atoms with Crippen molar-refractivity contribution in [2.75, 3.05) is 0 Å². The molecule has 2 aromatic rings. The van der Waals surface area contributed by atoms with E-state index < -0.39 is 0 Å². The van der Waals surface area contributed by atoms with Crippen molar-refractivity contribution in [3.63, 3.8) is 0 Å². The molecule has 0 atom stereocenters. The van der Waals surface area contributed by atoms with Crippen LogP contribution in [0.4, 0.5) is 0 Å². The van der Waals surface area contributed by atoms with Crippen LogP contribution in [-0.4, -0.2) is 9.97 Å². The molecule has 0 unspecified atom stereocenters. The summed E-state index contributed by atoms with van der Waals surface area (Å²) in [5.41, 5.74) is 2.44. The van der Waals surface area contributed by atoms with Crippen molar-refractivity contribution in [3.8, 4) is 0 Å². The molecule has 0 fully saturated rings. The Hall–Kier alpha value is -1.70. The fourth-order valence-electron chi connectivity index (χ4n) is 1.53. The third-order valence-electron chi connectivity index (χ3n) is 2.60. The van der Waals surface area contributed by atoms with E-state index >= 15 is 0 Å². The van der Waals surface area contributed by atoms with Gasteiger partial charge in [-0.05, 0) is 17.0 Å². The molecule has 2 nitrogen and oxygen atoms in total. The van der Waals surface area contributed by atoms with E-state index in [0.29, 0.717) is 5.92 Å². The van der Waals surface area contributed by atoms with Gasteiger partial charge in [0.15, 0.2) is 0 Å². The molecule has 0 aliphatic carbocycles. The lowest BCUT2D eigenvalue weighted by Crippen LogP contribution is -1.98. The minimum absolute atomic E-state index is 0.491. The van der Waals surface area contributed by atoms with Gasteiger partial charge in [-0.2, -0.15) is 0 Å². The van der Waals surface area contributed by atoms with Gasteiger partial charge in [0.1, 0.15) is 5.82 Å². The van der Waals surface area contributed by atoms with Gasteiger partial charge in [0.2, 0.25) is 0 Å². The largest absolute Gasteiger partial charge is 0.241 e. The molecule has 0 bridgehead atoms. The summed E-state index contributed by atoms with van der Waals surface area (Å²) in [6.07, 6.45) is 4.66. The molecule has 0 saturated heterocycles. The predicted molar refractivity (Wildman–Crippen MR) is 65.4 cm³/mol. The Bertz CT molecular complexity index is 432. The molecule has 2 heteroatoms. The summed E-state index contributed by atoms with van der Waals surface area (Å²) in [5, 5.41) is 0. The topological polar surface area (TPSA) is 25.8 Å². The molecule has 2 rings (SSSR count). The van der Waals surface area contributed by atoms with Crippen LogP contribution in [0.5, 0.6) is 0 Å². The van der Waals surface area contributed by atoms with Crippen LogP contribution >= 0.6 is 0 Å². The highest BCUT2D eigenvalue weighted by atomic mass is 14.9. The van der Waals surface area contributed by atoms with Gasteiger partial charge >= 0.3 is 0 Å². The maximum atomic E-state index is 4.38. The van der Waals surface area contributed by atoms with Crippen molar-refractivity contribution < 1.29 is 0 Å². The van der Waals surface area contributed by atoms with Gasteiger partial charge in [-0.1, -0.05) is 44.2 Å². The SMILES string of the molecule is CC(C)c1cnc(Cc2ccccc2)nc1. The van der Waals surface area contributed by atoms with Gasteiger partial charge in [0.25, 0.3) is 0 Å². The summed E-state index contributed by atoms with van der Waals surface area (Å²) in [7, 11) is 0. The van der Waals surface area contributed by atoms with Gasteiger partial charge in [0, 0.05) is 18.8 Å². The summed E-state index contributed by atoms with van der Waals surface area (Å²) in [5.74, 6) is 1.38. The maximum Gasteiger partial charge on any atom is 0.132 e. The highest BCUT2D eigenvalue weighted by molar-refractivity contribution is 5.19. The summed E-state index contributed by atoms with van der Waals surface area (Å²) in [6, 6.07) is 10.3. The zero-order valence-corrected chi connectivity index (χ0v) is 9.72. The lowest BCUT2D eigenvalue weighted by molar-refractivity contribution is 0.829. The second kappa shape index (κ2) is 4.88. The van der Waals surface area contributed by atoms with Crippen LogP contribution in [0, 0.1) is 0 Å². The standard InChI is InChI=1S/C14H16N2/c1-11(2)13-9-15-14(16-10-13)8-12-6-4-3-5-7-12/h3-7,9-11H,8H2,1-2H3. The fourth-order valence-corrected chi connectivity index (χ4v) is 1.53. The van der Waals surface area contributed by atoms with Crippen molar-refractivity contribution in [2.24, 2.45) is 0 Å². The molecule has 0 aliphatic heterocycles. The molecule has 0 saturated carbocycles. The lowest BCUT2D eigenvalue weighted by Gasteiger charge is -2.05. The zero-order chi connectivity index (χ0) is 11.4. The van der Waals surface area contributed by atoms with Crippen LogP contribution in [0.3, 0.4) is 0 Å².